The largest absolute Gasteiger partial charge is 0.348 e. The molecule has 1 amide bonds. The first kappa shape index (κ1) is 11.1. The van der Waals surface area contributed by atoms with E-state index in [4.69, 9.17) is 11.6 Å². The van der Waals surface area contributed by atoms with Crippen LogP contribution in [-0.2, 0) is 0 Å². The van der Waals surface area contributed by atoms with Crippen molar-refractivity contribution in [3.05, 3.63) is 35.9 Å². The van der Waals surface area contributed by atoms with Crippen LogP contribution in [0, 0.1) is 0 Å². The highest BCUT2D eigenvalue weighted by Crippen LogP contribution is 2.01. The lowest BCUT2D eigenvalue weighted by Gasteiger charge is -2.13. The Balaban J connectivity index is 2.59. The molecule has 0 aliphatic rings. The van der Waals surface area contributed by atoms with Crippen LogP contribution < -0.4 is 5.32 Å². The smallest absolute Gasteiger partial charge is 0.251 e. The van der Waals surface area contributed by atoms with Crippen molar-refractivity contribution in [3.8, 4) is 0 Å². The van der Waals surface area contributed by atoms with Crippen LogP contribution in [0.15, 0.2) is 30.3 Å². The molecule has 0 spiro atoms. The highest BCUT2D eigenvalue weighted by molar-refractivity contribution is 6.18. The molecule has 14 heavy (non-hydrogen) atoms. The summed E-state index contributed by atoms with van der Waals surface area (Å²) >= 11 is 5.68. The molecule has 0 saturated carbocycles. The molecule has 1 rings (SSSR count). The van der Waals surface area contributed by atoms with Gasteiger partial charge in [0, 0.05) is 17.5 Å². The zero-order chi connectivity index (χ0) is 10.4. The number of nitrogens with one attached hydrogen (secondary N) is 1. The number of carbonyl (C=O) groups is 1. The second-order valence-electron chi connectivity index (χ2n) is 3.10. The second kappa shape index (κ2) is 5.66. The maximum Gasteiger partial charge on any atom is 0.251 e. The van der Waals surface area contributed by atoms with Crippen molar-refractivity contribution in [2.45, 2.75) is 19.4 Å². The molecule has 0 aliphatic heterocycles. The number of benzene rings is 1. The lowest BCUT2D eigenvalue weighted by molar-refractivity contribution is 0.0940. The van der Waals surface area contributed by atoms with Gasteiger partial charge in [0.1, 0.15) is 0 Å². The van der Waals surface area contributed by atoms with Gasteiger partial charge in [-0.15, -0.1) is 11.6 Å². The highest BCUT2D eigenvalue weighted by Gasteiger charge is 2.09. The van der Waals surface area contributed by atoms with Gasteiger partial charge >= 0.3 is 0 Å². The maximum absolute atomic E-state index is 11.6. The summed E-state index contributed by atoms with van der Waals surface area (Å²) in [6.07, 6.45) is 0.849. The first-order chi connectivity index (χ1) is 6.77. The van der Waals surface area contributed by atoms with Crippen molar-refractivity contribution in [1.82, 2.24) is 5.32 Å². The van der Waals surface area contributed by atoms with Crippen LogP contribution in [0.3, 0.4) is 0 Å². The molecule has 0 heterocycles. The first-order valence-corrected chi connectivity index (χ1v) is 5.23. The SMILES string of the molecule is CCC(CCl)NC(=O)c1ccccc1. The fraction of sp³-hybridized carbons (Fsp3) is 0.364. The Morgan fingerprint density at radius 1 is 1.43 bits per heavy atom. The van der Waals surface area contributed by atoms with Gasteiger partial charge in [-0.3, -0.25) is 4.79 Å². The third-order valence-corrected chi connectivity index (χ3v) is 2.42. The number of carbonyl (C=O) groups excluding carboxylic acids is 1. The minimum absolute atomic E-state index is 0.0573. The molecule has 1 unspecified atom stereocenters. The number of halogens is 1. The molecule has 0 fully saturated rings. The average molecular weight is 212 g/mol. The maximum atomic E-state index is 11.6. The molecule has 1 aromatic carbocycles. The molecule has 1 aromatic rings. The lowest BCUT2D eigenvalue weighted by atomic mass is 10.2. The highest BCUT2D eigenvalue weighted by atomic mass is 35.5. The lowest BCUT2D eigenvalue weighted by Crippen LogP contribution is -2.35. The standard InChI is InChI=1S/C11H14ClNO/c1-2-10(8-12)13-11(14)9-6-4-3-5-7-9/h3-7,10H,2,8H2,1H3,(H,13,14). The minimum Gasteiger partial charge on any atom is -0.348 e. The molecule has 1 atom stereocenters. The Labute approximate surface area is 89.3 Å². The zero-order valence-corrected chi connectivity index (χ0v) is 8.92. The minimum atomic E-state index is -0.0573. The monoisotopic (exact) mass is 211 g/mol. The fourth-order valence-corrected chi connectivity index (χ4v) is 1.40. The van der Waals surface area contributed by atoms with Crippen LogP contribution in [0.1, 0.15) is 23.7 Å². The molecular weight excluding hydrogens is 198 g/mol. The van der Waals surface area contributed by atoms with Crippen molar-refractivity contribution < 1.29 is 4.79 Å². The van der Waals surface area contributed by atoms with Crippen LogP contribution >= 0.6 is 11.6 Å². The van der Waals surface area contributed by atoms with E-state index < -0.39 is 0 Å². The average Bonchev–Trinajstić information content (AvgIpc) is 2.26. The summed E-state index contributed by atoms with van der Waals surface area (Å²) in [4.78, 5) is 11.6. The van der Waals surface area contributed by atoms with Crippen molar-refractivity contribution >= 4 is 17.5 Å². The molecule has 0 radical (unpaired) electrons. The Bertz CT molecular complexity index is 283. The zero-order valence-electron chi connectivity index (χ0n) is 8.16. The van der Waals surface area contributed by atoms with Gasteiger partial charge in [0.15, 0.2) is 0 Å². The molecule has 0 aromatic heterocycles. The van der Waals surface area contributed by atoms with Crippen molar-refractivity contribution in [1.29, 1.82) is 0 Å². The van der Waals surface area contributed by atoms with Gasteiger partial charge in [0.2, 0.25) is 0 Å². The van der Waals surface area contributed by atoms with Gasteiger partial charge in [-0.1, -0.05) is 25.1 Å². The predicted molar refractivity (Wildman–Crippen MR) is 58.7 cm³/mol. The van der Waals surface area contributed by atoms with E-state index in [1.807, 2.05) is 25.1 Å². The molecule has 1 N–H and O–H groups in total. The fourth-order valence-electron chi connectivity index (χ4n) is 1.11. The Hall–Kier alpha value is -1.02. The van der Waals surface area contributed by atoms with E-state index in [1.54, 1.807) is 12.1 Å². The van der Waals surface area contributed by atoms with E-state index in [1.165, 1.54) is 0 Å². The molecule has 0 saturated heterocycles. The van der Waals surface area contributed by atoms with Gasteiger partial charge < -0.3 is 5.32 Å². The van der Waals surface area contributed by atoms with E-state index in [0.717, 1.165) is 6.42 Å². The third-order valence-electron chi connectivity index (χ3n) is 2.05. The van der Waals surface area contributed by atoms with Gasteiger partial charge in [-0.05, 0) is 18.6 Å². The number of hydrogen-bond acceptors (Lipinski definition) is 1. The Morgan fingerprint density at radius 3 is 2.57 bits per heavy atom. The van der Waals surface area contributed by atoms with E-state index in [9.17, 15) is 4.79 Å². The summed E-state index contributed by atoms with van der Waals surface area (Å²) in [5.74, 6) is 0.396. The summed E-state index contributed by atoms with van der Waals surface area (Å²) in [6, 6.07) is 9.21. The summed E-state index contributed by atoms with van der Waals surface area (Å²) < 4.78 is 0. The van der Waals surface area contributed by atoms with Crippen LogP contribution in [0.4, 0.5) is 0 Å². The quantitative estimate of drug-likeness (QED) is 0.762. The molecule has 3 heteroatoms. The molecule has 0 aliphatic carbocycles. The van der Waals surface area contributed by atoms with Crippen molar-refractivity contribution in [3.63, 3.8) is 0 Å². The summed E-state index contributed by atoms with van der Waals surface area (Å²) in [7, 11) is 0. The van der Waals surface area contributed by atoms with Gasteiger partial charge in [-0.25, -0.2) is 0 Å². The Kier molecular flexibility index (Phi) is 4.47. The second-order valence-corrected chi connectivity index (χ2v) is 3.41. The number of amides is 1. The van der Waals surface area contributed by atoms with Crippen LogP contribution in [0.2, 0.25) is 0 Å². The van der Waals surface area contributed by atoms with Crippen LogP contribution in [-0.4, -0.2) is 17.8 Å². The molecule has 76 valence electrons. The van der Waals surface area contributed by atoms with Crippen molar-refractivity contribution in [2.24, 2.45) is 0 Å². The van der Waals surface area contributed by atoms with E-state index in [-0.39, 0.29) is 11.9 Å². The van der Waals surface area contributed by atoms with Gasteiger partial charge in [0.05, 0.1) is 0 Å². The number of alkyl halides is 1. The van der Waals surface area contributed by atoms with E-state index >= 15 is 0 Å². The number of hydrogen-bond donors (Lipinski definition) is 1. The topological polar surface area (TPSA) is 29.1 Å². The first-order valence-electron chi connectivity index (χ1n) is 4.69. The van der Waals surface area contributed by atoms with Crippen LogP contribution in [0.25, 0.3) is 0 Å². The predicted octanol–water partition coefficient (Wildman–Crippen LogP) is 2.43. The van der Waals surface area contributed by atoms with Crippen molar-refractivity contribution in [2.75, 3.05) is 5.88 Å². The van der Waals surface area contributed by atoms with Gasteiger partial charge in [-0.2, -0.15) is 0 Å². The Morgan fingerprint density at radius 2 is 2.07 bits per heavy atom. The van der Waals surface area contributed by atoms with E-state index in [2.05, 4.69) is 5.32 Å². The van der Waals surface area contributed by atoms with E-state index in [0.29, 0.717) is 11.4 Å². The van der Waals surface area contributed by atoms with Gasteiger partial charge in [0.25, 0.3) is 5.91 Å². The molecule has 0 bridgehead atoms. The summed E-state index contributed by atoms with van der Waals surface area (Å²) in [5, 5.41) is 2.86. The summed E-state index contributed by atoms with van der Waals surface area (Å²) in [5.41, 5.74) is 0.677. The van der Waals surface area contributed by atoms with Crippen LogP contribution in [0.5, 0.6) is 0 Å². The third kappa shape index (κ3) is 3.04. The summed E-state index contributed by atoms with van der Waals surface area (Å²) in [6.45, 7) is 2.00. The number of rotatable bonds is 4. The molecular formula is C11H14ClNO. The normalized spacial score (nSPS) is 12.1. The molecule has 2 nitrogen and oxygen atoms in total.